The van der Waals surface area contributed by atoms with Crippen LogP contribution in [0, 0.1) is 13.8 Å². The molecule has 0 atom stereocenters. The van der Waals surface area contributed by atoms with Gasteiger partial charge in [-0.2, -0.15) is 0 Å². The molecule has 0 aliphatic heterocycles. The molecule has 0 aliphatic carbocycles. The largest absolute Gasteiger partial charge is 0.377 e. The van der Waals surface area contributed by atoms with E-state index in [2.05, 4.69) is 44.2 Å². The number of hydrogen-bond acceptors (Lipinski definition) is 4. The van der Waals surface area contributed by atoms with Crippen LogP contribution in [-0.2, 0) is 6.54 Å². The van der Waals surface area contributed by atoms with Crippen LogP contribution >= 0.6 is 27.3 Å². The predicted molar refractivity (Wildman–Crippen MR) is 90.2 cm³/mol. The van der Waals surface area contributed by atoms with Gasteiger partial charge in [0.2, 0.25) is 0 Å². The topological polar surface area (TPSA) is 42.7 Å². The molecule has 0 fully saturated rings. The molecule has 0 aromatic carbocycles. The van der Waals surface area contributed by atoms with E-state index in [4.69, 9.17) is 0 Å². The molecule has 0 radical (unpaired) electrons. The van der Waals surface area contributed by atoms with Gasteiger partial charge in [-0.1, -0.05) is 0 Å². The average molecular weight is 363 g/mol. The second kappa shape index (κ2) is 5.99. The van der Waals surface area contributed by atoms with Crippen LogP contribution in [0.25, 0.3) is 5.82 Å². The van der Waals surface area contributed by atoms with E-state index < -0.39 is 0 Å². The van der Waals surface area contributed by atoms with Gasteiger partial charge in [0.1, 0.15) is 5.82 Å². The smallest absolute Gasteiger partial charge is 0.161 e. The molecule has 3 aromatic heterocycles. The maximum Gasteiger partial charge on any atom is 0.161 e. The van der Waals surface area contributed by atoms with Crippen molar-refractivity contribution in [1.29, 1.82) is 0 Å². The number of nitrogens with one attached hydrogen (secondary N) is 1. The summed E-state index contributed by atoms with van der Waals surface area (Å²) in [7, 11) is 0. The van der Waals surface area contributed by atoms with E-state index in [1.807, 2.05) is 29.8 Å². The van der Waals surface area contributed by atoms with Gasteiger partial charge in [0.25, 0.3) is 0 Å². The minimum atomic E-state index is 0.781. The fourth-order valence-corrected chi connectivity index (χ4v) is 3.66. The van der Waals surface area contributed by atoms with Crippen molar-refractivity contribution in [2.45, 2.75) is 20.4 Å². The molecule has 0 aliphatic rings. The number of aryl methyl sites for hydroxylation is 2. The van der Waals surface area contributed by atoms with Crippen LogP contribution in [0.1, 0.15) is 15.6 Å². The molecule has 3 heterocycles. The molecule has 0 spiro atoms. The summed E-state index contributed by atoms with van der Waals surface area (Å²) in [4.78, 5) is 11.3. The Bertz CT molecular complexity index is 743. The molecule has 21 heavy (non-hydrogen) atoms. The number of imidazole rings is 1. The highest BCUT2D eigenvalue weighted by atomic mass is 79.9. The minimum Gasteiger partial charge on any atom is -0.377 e. The molecule has 0 amide bonds. The van der Waals surface area contributed by atoms with Crippen LogP contribution in [0.2, 0.25) is 0 Å². The molecule has 1 N–H and O–H groups in total. The minimum absolute atomic E-state index is 0.781. The Labute approximate surface area is 136 Å². The molecular formula is C15H15BrN4S. The maximum absolute atomic E-state index is 4.47. The Hall–Kier alpha value is -1.66. The Morgan fingerprint density at radius 2 is 2.14 bits per heavy atom. The standard InChI is InChI=1S/C15H15BrN4S/c1-10-13(16)8-12(21-10)9-19-14-4-3-5-18-15(14)20-7-6-17-11(20)2/h3-8,19H,9H2,1-2H3. The molecule has 0 saturated carbocycles. The first-order valence-corrected chi connectivity index (χ1v) is 8.20. The number of rotatable bonds is 4. The van der Waals surface area contributed by atoms with Crippen LogP contribution in [-0.4, -0.2) is 14.5 Å². The van der Waals surface area contributed by atoms with Gasteiger partial charge in [0, 0.05) is 39.4 Å². The summed E-state index contributed by atoms with van der Waals surface area (Å²) in [5.41, 5.74) is 1.00. The summed E-state index contributed by atoms with van der Waals surface area (Å²) < 4.78 is 3.15. The summed E-state index contributed by atoms with van der Waals surface area (Å²) in [5, 5.41) is 3.46. The van der Waals surface area contributed by atoms with Crippen molar-refractivity contribution < 1.29 is 0 Å². The van der Waals surface area contributed by atoms with E-state index in [0.717, 1.165) is 23.9 Å². The number of halogens is 1. The lowest BCUT2D eigenvalue weighted by atomic mass is 10.3. The number of thiophene rings is 1. The van der Waals surface area contributed by atoms with Crippen LogP contribution in [0.3, 0.4) is 0 Å². The molecule has 3 aromatic rings. The fourth-order valence-electron chi connectivity index (χ4n) is 2.12. The summed E-state index contributed by atoms with van der Waals surface area (Å²) in [5.74, 6) is 1.80. The number of aromatic nitrogens is 3. The molecule has 0 unspecified atom stereocenters. The lowest BCUT2D eigenvalue weighted by Crippen LogP contribution is -2.06. The van der Waals surface area contributed by atoms with Crippen LogP contribution < -0.4 is 5.32 Å². The van der Waals surface area contributed by atoms with Gasteiger partial charge in [0.05, 0.1) is 5.69 Å². The van der Waals surface area contributed by atoms with Gasteiger partial charge < -0.3 is 5.32 Å². The van der Waals surface area contributed by atoms with E-state index in [-0.39, 0.29) is 0 Å². The third-order valence-corrected chi connectivity index (χ3v) is 5.34. The van der Waals surface area contributed by atoms with Crippen molar-refractivity contribution >= 4 is 33.0 Å². The van der Waals surface area contributed by atoms with Gasteiger partial charge in [-0.15, -0.1) is 11.3 Å². The van der Waals surface area contributed by atoms with Crippen molar-refractivity contribution in [1.82, 2.24) is 14.5 Å². The zero-order valence-electron chi connectivity index (χ0n) is 11.8. The molecule has 108 valence electrons. The van der Waals surface area contributed by atoms with Crippen molar-refractivity contribution in [3.8, 4) is 5.82 Å². The first-order valence-electron chi connectivity index (χ1n) is 6.59. The van der Waals surface area contributed by atoms with Crippen molar-refractivity contribution in [3.05, 3.63) is 56.8 Å². The second-order valence-electron chi connectivity index (χ2n) is 4.69. The highest BCUT2D eigenvalue weighted by Gasteiger charge is 2.09. The van der Waals surface area contributed by atoms with E-state index in [0.29, 0.717) is 0 Å². The Kier molecular flexibility index (Phi) is 4.07. The molecule has 3 rings (SSSR count). The van der Waals surface area contributed by atoms with Gasteiger partial charge in [-0.25, -0.2) is 9.97 Å². The maximum atomic E-state index is 4.47. The third kappa shape index (κ3) is 3.01. The number of anilines is 1. The zero-order valence-corrected chi connectivity index (χ0v) is 14.2. The van der Waals surface area contributed by atoms with Gasteiger partial charge in [0.15, 0.2) is 5.82 Å². The summed E-state index contributed by atoms with van der Waals surface area (Å²) in [6.45, 7) is 4.87. The van der Waals surface area contributed by atoms with E-state index in [1.165, 1.54) is 14.2 Å². The van der Waals surface area contributed by atoms with Crippen LogP contribution in [0.15, 0.2) is 41.3 Å². The second-order valence-corrected chi connectivity index (χ2v) is 6.88. The zero-order chi connectivity index (χ0) is 14.8. The monoisotopic (exact) mass is 362 g/mol. The predicted octanol–water partition coefficient (Wildman–Crippen LogP) is 4.32. The van der Waals surface area contributed by atoms with Gasteiger partial charge >= 0.3 is 0 Å². The molecule has 6 heteroatoms. The number of pyridine rings is 1. The summed E-state index contributed by atoms with van der Waals surface area (Å²) >= 11 is 5.35. The number of hydrogen-bond donors (Lipinski definition) is 1. The lowest BCUT2D eigenvalue weighted by Gasteiger charge is -2.11. The van der Waals surface area contributed by atoms with E-state index in [9.17, 15) is 0 Å². The molecule has 4 nitrogen and oxygen atoms in total. The Balaban J connectivity index is 1.84. The summed E-state index contributed by atoms with van der Waals surface area (Å²) in [6, 6.07) is 6.14. The van der Waals surface area contributed by atoms with Crippen molar-refractivity contribution in [3.63, 3.8) is 0 Å². The van der Waals surface area contributed by atoms with Crippen molar-refractivity contribution in [2.24, 2.45) is 0 Å². The lowest BCUT2D eigenvalue weighted by molar-refractivity contribution is 0.930. The molecule has 0 saturated heterocycles. The molecule has 0 bridgehead atoms. The summed E-state index contributed by atoms with van der Waals surface area (Å²) in [6.07, 6.45) is 5.51. The van der Waals surface area contributed by atoms with E-state index in [1.54, 1.807) is 23.7 Å². The Morgan fingerprint density at radius 1 is 1.29 bits per heavy atom. The van der Waals surface area contributed by atoms with E-state index >= 15 is 0 Å². The normalized spacial score (nSPS) is 10.8. The van der Waals surface area contributed by atoms with Gasteiger partial charge in [-0.3, -0.25) is 4.57 Å². The highest BCUT2D eigenvalue weighted by molar-refractivity contribution is 9.10. The van der Waals surface area contributed by atoms with Gasteiger partial charge in [-0.05, 0) is 48.0 Å². The van der Waals surface area contributed by atoms with Crippen molar-refractivity contribution in [2.75, 3.05) is 5.32 Å². The fraction of sp³-hybridized carbons (Fsp3) is 0.200. The third-order valence-electron chi connectivity index (χ3n) is 3.20. The number of nitrogens with zero attached hydrogens (tertiary/aromatic N) is 3. The van der Waals surface area contributed by atoms with Crippen LogP contribution in [0.5, 0.6) is 0 Å². The molecular weight excluding hydrogens is 348 g/mol. The quantitative estimate of drug-likeness (QED) is 0.751. The van der Waals surface area contributed by atoms with Crippen LogP contribution in [0.4, 0.5) is 5.69 Å². The first kappa shape index (κ1) is 14.3. The first-order chi connectivity index (χ1) is 10.1. The Morgan fingerprint density at radius 3 is 2.81 bits per heavy atom. The highest BCUT2D eigenvalue weighted by Crippen LogP contribution is 2.27. The average Bonchev–Trinajstić information content (AvgIpc) is 3.03. The SMILES string of the molecule is Cc1sc(CNc2cccnc2-n2ccnc2C)cc1Br.